The van der Waals surface area contributed by atoms with Crippen LogP contribution in [0, 0.1) is 0 Å². The monoisotopic (exact) mass is 349 g/mol. The second-order valence-corrected chi connectivity index (χ2v) is 7.62. The fraction of sp³-hybridized carbons (Fsp3) is 0.375. The summed E-state index contributed by atoms with van der Waals surface area (Å²) in [5.41, 5.74) is 1.37. The van der Waals surface area contributed by atoms with E-state index in [1.807, 2.05) is 18.2 Å². The Balaban J connectivity index is 1.54. The predicted molar refractivity (Wildman–Crippen MR) is 89.5 cm³/mol. The summed E-state index contributed by atoms with van der Waals surface area (Å²) in [7, 11) is -3.45. The van der Waals surface area contributed by atoms with Crippen molar-refractivity contribution in [2.24, 2.45) is 0 Å². The lowest BCUT2D eigenvalue weighted by Gasteiger charge is -2.24. The molecule has 7 nitrogen and oxygen atoms in total. The third-order valence-corrected chi connectivity index (χ3v) is 5.28. The number of aromatic amines is 1. The lowest BCUT2D eigenvalue weighted by Crippen LogP contribution is -2.41. The molecule has 2 N–H and O–H groups in total. The van der Waals surface area contributed by atoms with Crippen LogP contribution >= 0.6 is 0 Å². The topological polar surface area (TPSA) is 101 Å². The number of ether oxygens (including phenoxy) is 1. The predicted octanol–water partition coefficient (Wildman–Crippen LogP) is 0.626. The molecule has 128 valence electrons. The van der Waals surface area contributed by atoms with Gasteiger partial charge < -0.3 is 4.74 Å². The Morgan fingerprint density at radius 2 is 2.08 bits per heavy atom. The number of nitrogens with one attached hydrogen (secondary N) is 2. The molecule has 24 heavy (non-hydrogen) atoms. The maximum atomic E-state index is 12.2. The molecule has 0 fully saturated rings. The van der Waals surface area contributed by atoms with Crippen molar-refractivity contribution in [1.82, 2.24) is 14.9 Å². The van der Waals surface area contributed by atoms with E-state index in [0.29, 0.717) is 25.0 Å². The number of benzene rings is 1. The fourth-order valence-corrected chi connectivity index (χ4v) is 3.87. The highest BCUT2D eigenvalue weighted by Gasteiger charge is 2.24. The summed E-state index contributed by atoms with van der Waals surface area (Å²) in [6.45, 7) is 0.0872. The number of H-pyrrole nitrogens is 1. The van der Waals surface area contributed by atoms with E-state index in [2.05, 4.69) is 14.9 Å². The summed E-state index contributed by atoms with van der Waals surface area (Å²) >= 11 is 0. The van der Waals surface area contributed by atoms with Crippen LogP contribution in [0.5, 0.6) is 5.75 Å². The maximum Gasteiger partial charge on any atom is 0.264 e. The van der Waals surface area contributed by atoms with Gasteiger partial charge in [-0.2, -0.15) is 5.10 Å². The molecular formula is C16H19N3O4S. The number of fused-ring (bicyclic) bond motifs is 1. The van der Waals surface area contributed by atoms with Crippen molar-refractivity contribution in [3.8, 4) is 5.75 Å². The molecule has 0 amide bonds. The summed E-state index contributed by atoms with van der Waals surface area (Å²) in [6, 6.07) is 10.4. The molecule has 0 saturated heterocycles. The molecule has 2 aromatic rings. The lowest BCUT2D eigenvalue weighted by atomic mass is 9.93. The quantitative estimate of drug-likeness (QED) is 0.796. The molecule has 0 bridgehead atoms. The van der Waals surface area contributed by atoms with Crippen molar-refractivity contribution in [3.05, 3.63) is 58.0 Å². The van der Waals surface area contributed by atoms with Crippen molar-refractivity contribution >= 4 is 10.0 Å². The number of hydrogen-bond acceptors (Lipinski definition) is 5. The molecule has 1 aromatic carbocycles. The first-order valence-electron chi connectivity index (χ1n) is 7.77. The Morgan fingerprint density at radius 3 is 2.88 bits per heavy atom. The minimum absolute atomic E-state index is 0.0872. The van der Waals surface area contributed by atoms with Crippen LogP contribution in [0.3, 0.4) is 0 Å². The van der Waals surface area contributed by atoms with Gasteiger partial charge in [0, 0.05) is 12.1 Å². The molecule has 1 aliphatic carbocycles. The highest BCUT2D eigenvalue weighted by atomic mass is 32.2. The fourth-order valence-electron chi connectivity index (χ4n) is 2.74. The molecule has 1 aromatic heterocycles. The molecule has 0 saturated carbocycles. The van der Waals surface area contributed by atoms with E-state index in [0.717, 1.165) is 11.3 Å². The van der Waals surface area contributed by atoms with Crippen molar-refractivity contribution in [2.75, 3.05) is 12.4 Å². The van der Waals surface area contributed by atoms with Crippen molar-refractivity contribution in [2.45, 2.75) is 25.3 Å². The van der Waals surface area contributed by atoms with E-state index in [1.165, 1.54) is 6.07 Å². The normalized spacial score (nSPS) is 17.2. The zero-order valence-corrected chi connectivity index (χ0v) is 13.9. The Kier molecular flexibility index (Phi) is 4.96. The van der Waals surface area contributed by atoms with Crippen LogP contribution in [0.25, 0.3) is 0 Å². The minimum atomic E-state index is -3.45. The molecule has 0 spiro atoms. The van der Waals surface area contributed by atoms with Gasteiger partial charge in [0.05, 0.1) is 11.4 Å². The van der Waals surface area contributed by atoms with Gasteiger partial charge in [-0.1, -0.05) is 18.2 Å². The largest absolute Gasteiger partial charge is 0.492 e. The third kappa shape index (κ3) is 4.42. The Hall–Kier alpha value is -2.19. The molecule has 1 unspecified atom stereocenters. The van der Waals surface area contributed by atoms with E-state index in [4.69, 9.17) is 4.74 Å². The van der Waals surface area contributed by atoms with E-state index < -0.39 is 10.0 Å². The molecule has 0 radical (unpaired) electrons. The summed E-state index contributed by atoms with van der Waals surface area (Å²) in [5.74, 6) is 0.531. The summed E-state index contributed by atoms with van der Waals surface area (Å²) in [6.07, 6.45) is 1.77. The van der Waals surface area contributed by atoms with Gasteiger partial charge in [0.2, 0.25) is 10.0 Å². The van der Waals surface area contributed by atoms with Gasteiger partial charge in [-0.25, -0.2) is 18.2 Å². The van der Waals surface area contributed by atoms with Crippen molar-refractivity contribution in [3.63, 3.8) is 0 Å². The SMILES string of the molecule is O=c1cc2c(n[nH]1)CCC(NS(=O)(=O)CCOc1ccccc1)C2. The third-order valence-electron chi connectivity index (χ3n) is 3.88. The number of para-hydroxylation sites is 1. The van der Waals surface area contributed by atoms with Crippen LogP contribution in [0.4, 0.5) is 0 Å². The van der Waals surface area contributed by atoms with Crippen LogP contribution < -0.4 is 15.0 Å². The molecule has 1 atom stereocenters. The number of aromatic nitrogens is 2. The first-order valence-corrected chi connectivity index (χ1v) is 9.42. The van der Waals surface area contributed by atoms with Crippen molar-refractivity contribution in [1.29, 1.82) is 0 Å². The number of sulfonamides is 1. The average molecular weight is 349 g/mol. The van der Waals surface area contributed by atoms with E-state index in [9.17, 15) is 13.2 Å². The van der Waals surface area contributed by atoms with Crippen LogP contribution in [-0.4, -0.2) is 37.0 Å². The Labute approximate surface area is 140 Å². The number of aryl methyl sites for hydroxylation is 1. The highest BCUT2D eigenvalue weighted by molar-refractivity contribution is 7.89. The van der Waals surface area contributed by atoms with Gasteiger partial charge in [0.1, 0.15) is 12.4 Å². The average Bonchev–Trinajstić information content (AvgIpc) is 2.55. The number of rotatable bonds is 6. The molecule has 3 rings (SSSR count). The first-order chi connectivity index (χ1) is 11.5. The Morgan fingerprint density at radius 1 is 1.29 bits per heavy atom. The van der Waals surface area contributed by atoms with Crippen LogP contribution in [0.1, 0.15) is 17.7 Å². The summed E-state index contributed by atoms with van der Waals surface area (Å²) in [4.78, 5) is 11.3. The van der Waals surface area contributed by atoms with Crippen LogP contribution in [0.2, 0.25) is 0 Å². The standard InChI is InChI=1S/C16H19N3O4S/c20-16-11-12-10-13(6-7-15(12)17-18-16)19-24(21,22)9-8-23-14-4-2-1-3-5-14/h1-5,11,13,19H,6-10H2,(H,18,20). The van der Waals surface area contributed by atoms with Gasteiger partial charge in [-0.05, 0) is 37.0 Å². The van der Waals surface area contributed by atoms with Gasteiger partial charge in [0.25, 0.3) is 5.56 Å². The maximum absolute atomic E-state index is 12.2. The van der Waals surface area contributed by atoms with Gasteiger partial charge >= 0.3 is 0 Å². The zero-order valence-electron chi connectivity index (χ0n) is 13.1. The second-order valence-electron chi connectivity index (χ2n) is 5.74. The van der Waals surface area contributed by atoms with Crippen LogP contribution in [0.15, 0.2) is 41.2 Å². The molecule has 1 heterocycles. The van der Waals surface area contributed by atoms with Crippen LogP contribution in [-0.2, 0) is 22.9 Å². The number of nitrogens with zero attached hydrogens (tertiary/aromatic N) is 1. The number of hydrogen-bond donors (Lipinski definition) is 2. The lowest BCUT2D eigenvalue weighted by molar-refractivity contribution is 0.339. The summed E-state index contributed by atoms with van der Waals surface area (Å²) in [5, 5.41) is 6.40. The van der Waals surface area contributed by atoms with Gasteiger partial charge in [0.15, 0.2) is 0 Å². The zero-order chi connectivity index (χ0) is 17.0. The van der Waals surface area contributed by atoms with E-state index >= 15 is 0 Å². The summed E-state index contributed by atoms with van der Waals surface area (Å²) < 4.78 is 32.5. The molecule has 0 aliphatic heterocycles. The van der Waals surface area contributed by atoms with E-state index in [1.54, 1.807) is 12.1 Å². The molecular weight excluding hydrogens is 330 g/mol. The van der Waals surface area contributed by atoms with E-state index in [-0.39, 0.29) is 24.0 Å². The van der Waals surface area contributed by atoms with Crippen molar-refractivity contribution < 1.29 is 13.2 Å². The Bertz CT molecular complexity index is 849. The van der Waals surface area contributed by atoms with Gasteiger partial charge in [-0.3, -0.25) is 4.79 Å². The second kappa shape index (κ2) is 7.14. The minimum Gasteiger partial charge on any atom is -0.492 e. The highest BCUT2D eigenvalue weighted by Crippen LogP contribution is 2.18. The molecule has 8 heteroatoms. The van der Waals surface area contributed by atoms with Gasteiger partial charge in [-0.15, -0.1) is 0 Å². The smallest absolute Gasteiger partial charge is 0.264 e. The first kappa shape index (κ1) is 16.7. The molecule has 1 aliphatic rings.